The van der Waals surface area contributed by atoms with E-state index in [2.05, 4.69) is 42.3 Å². The number of rotatable bonds is 2. The Morgan fingerprint density at radius 3 is 2.50 bits per heavy atom. The van der Waals surface area contributed by atoms with Gasteiger partial charge in [-0.25, -0.2) is 0 Å². The van der Waals surface area contributed by atoms with Crippen molar-refractivity contribution in [2.45, 2.75) is 58.0 Å². The van der Waals surface area contributed by atoms with Gasteiger partial charge in [-0.3, -0.25) is 4.90 Å². The zero-order valence-corrected chi connectivity index (χ0v) is 13.0. The van der Waals surface area contributed by atoms with Gasteiger partial charge in [-0.15, -0.1) is 0 Å². The van der Waals surface area contributed by atoms with Gasteiger partial charge in [0.25, 0.3) is 0 Å². The standard InChI is InChI=1S/C18H28N2/c1-15-7-6-8-16(2)17(15)13-20-12-11-19-18(14-20)9-4-3-5-10-18/h6-8,19H,3-5,9-14H2,1-2H3. The van der Waals surface area contributed by atoms with Crippen molar-refractivity contribution in [2.24, 2.45) is 0 Å². The highest BCUT2D eigenvalue weighted by Crippen LogP contribution is 2.31. The lowest BCUT2D eigenvalue weighted by Gasteiger charge is -2.46. The lowest BCUT2D eigenvalue weighted by atomic mass is 9.80. The van der Waals surface area contributed by atoms with E-state index in [0.717, 1.165) is 13.1 Å². The summed E-state index contributed by atoms with van der Waals surface area (Å²) in [6.45, 7) is 9.21. The minimum absolute atomic E-state index is 0.424. The largest absolute Gasteiger partial charge is 0.309 e. The maximum atomic E-state index is 3.84. The van der Waals surface area contributed by atoms with E-state index in [1.165, 1.54) is 56.3 Å². The van der Waals surface area contributed by atoms with Crippen LogP contribution in [0.25, 0.3) is 0 Å². The summed E-state index contributed by atoms with van der Waals surface area (Å²) >= 11 is 0. The fourth-order valence-electron chi connectivity index (χ4n) is 4.06. The second-order valence-electron chi connectivity index (χ2n) is 6.85. The molecule has 2 heteroatoms. The Bertz CT molecular complexity index is 435. The average molecular weight is 272 g/mol. The molecule has 2 nitrogen and oxygen atoms in total. The molecule has 1 aliphatic heterocycles. The summed E-state index contributed by atoms with van der Waals surface area (Å²) in [5.74, 6) is 0. The monoisotopic (exact) mass is 272 g/mol. The van der Waals surface area contributed by atoms with E-state index in [1.54, 1.807) is 5.56 Å². The van der Waals surface area contributed by atoms with Gasteiger partial charge in [0.1, 0.15) is 0 Å². The lowest BCUT2D eigenvalue weighted by molar-refractivity contribution is 0.0942. The van der Waals surface area contributed by atoms with Gasteiger partial charge in [0.2, 0.25) is 0 Å². The molecule has 1 aromatic carbocycles. The molecule has 1 saturated carbocycles. The van der Waals surface area contributed by atoms with Crippen LogP contribution in [0, 0.1) is 13.8 Å². The van der Waals surface area contributed by atoms with E-state index in [9.17, 15) is 0 Å². The van der Waals surface area contributed by atoms with Crippen molar-refractivity contribution in [3.05, 3.63) is 34.9 Å². The van der Waals surface area contributed by atoms with Crippen LogP contribution in [0.3, 0.4) is 0 Å². The number of hydrogen-bond acceptors (Lipinski definition) is 2. The molecular weight excluding hydrogens is 244 g/mol. The van der Waals surface area contributed by atoms with Gasteiger partial charge >= 0.3 is 0 Å². The molecule has 0 radical (unpaired) electrons. The minimum atomic E-state index is 0.424. The predicted octanol–water partition coefficient (Wildman–Crippen LogP) is 3.41. The summed E-state index contributed by atoms with van der Waals surface area (Å²) in [5, 5.41) is 3.84. The smallest absolute Gasteiger partial charge is 0.0309 e. The highest BCUT2D eigenvalue weighted by Gasteiger charge is 2.36. The van der Waals surface area contributed by atoms with Crippen LogP contribution < -0.4 is 5.32 Å². The quantitative estimate of drug-likeness (QED) is 0.887. The Morgan fingerprint density at radius 1 is 1.10 bits per heavy atom. The first-order valence-corrected chi connectivity index (χ1v) is 8.21. The SMILES string of the molecule is Cc1cccc(C)c1CN1CCNC2(CCCCC2)C1. The number of benzene rings is 1. The highest BCUT2D eigenvalue weighted by molar-refractivity contribution is 5.33. The third-order valence-electron chi connectivity index (χ3n) is 5.29. The molecule has 0 aromatic heterocycles. The Labute approximate surface area is 123 Å². The van der Waals surface area contributed by atoms with Crippen LogP contribution in [0.4, 0.5) is 0 Å². The summed E-state index contributed by atoms with van der Waals surface area (Å²) in [5.41, 5.74) is 4.86. The average Bonchev–Trinajstić information content (AvgIpc) is 2.44. The second kappa shape index (κ2) is 5.87. The van der Waals surface area contributed by atoms with Crippen molar-refractivity contribution in [3.63, 3.8) is 0 Å². The fraction of sp³-hybridized carbons (Fsp3) is 0.667. The Morgan fingerprint density at radius 2 is 1.80 bits per heavy atom. The van der Waals surface area contributed by atoms with Crippen molar-refractivity contribution in [3.8, 4) is 0 Å². The van der Waals surface area contributed by atoms with Crippen molar-refractivity contribution in [1.82, 2.24) is 10.2 Å². The van der Waals surface area contributed by atoms with Crippen LogP contribution in [-0.4, -0.2) is 30.1 Å². The summed E-state index contributed by atoms with van der Waals surface area (Å²) in [7, 11) is 0. The molecule has 0 amide bonds. The molecular formula is C18H28N2. The lowest BCUT2D eigenvalue weighted by Crippen LogP contribution is -2.60. The van der Waals surface area contributed by atoms with Gasteiger partial charge in [-0.1, -0.05) is 37.5 Å². The fourth-order valence-corrected chi connectivity index (χ4v) is 4.06. The van der Waals surface area contributed by atoms with Gasteiger partial charge < -0.3 is 5.32 Å². The summed E-state index contributed by atoms with van der Waals surface area (Å²) in [6, 6.07) is 6.68. The van der Waals surface area contributed by atoms with Crippen LogP contribution in [0.15, 0.2) is 18.2 Å². The van der Waals surface area contributed by atoms with Crippen LogP contribution >= 0.6 is 0 Å². The first-order valence-electron chi connectivity index (χ1n) is 8.21. The van der Waals surface area contributed by atoms with E-state index < -0.39 is 0 Å². The second-order valence-corrected chi connectivity index (χ2v) is 6.85. The molecule has 0 bridgehead atoms. The summed E-state index contributed by atoms with van der Waals surface area (Å²) < 4.78 is 0. The van der Waals surface area contributed by atoms with Crippen molar-refractivity contribution in [2.75, 3.05) is 19.6 Å². The molecule has 0 unspecified atom stereocenters. The highest BCUT2D eigenvalue weighted by atomic mass is 15.2. The number of nitrogens with zero attached hydrogens (tertiary/aromatic N) is 1. The van der Waals surface area contributed by atoms with Gasteiger partial charge in [0, 0.05) is 31.7 Å². The summed E-state index contributed by atoms with van der Waals surface area (Å²) in [6.07, 6.45) is 6.99. The van der Waals surface area contributed by atoms with E-state index in [1.807, 2.05) is 0 Å². The minimum Gasteiger partial charge on any atom is -0.309 e. The van der Waals surface area contributed by atoms with E-state index in [0.29, 0.717) is 5.54 Å². The topological polar surface area (TPSA) is 15.3 Å². The van der Waals surface area contributed by atoms with Crippen LogP contribution in [-0.2, 0) is 6.54 Å². The molecule has 20 heavy (non-hydrogen) atoms. The molecule has 1 aromatic rings. The van der Waals surface area contributed by atoms with E-state index in [4.69, 9.17) is 0 Å². The third-order valence-corrected chi connectivity index (χ3v) is 5.29. The van der Waals surface area contributed by atoms with Crippen molar-refractivity contribution >= 4 is 0 Å². The zero-order valence-electron chi connectivity index (χ0n) is 13.0. The first-order chi connectivity index (χ1) is 9.69. The van der Waals surface area contributed by atoms with Crippen molar-refractivity contribution < 1.29 is 0 Å². The molecule has 1 spiro atoms. The Kier molecular flexibility index (Phi) is 4.13. The summed E-state index contributed by atoms with van der Waals surface area (Å²) in [4.78, 5) is 2.68. The first kappa shape index (κ1) is 14.1. The molecule has 110 valence electrons. The van der Waals surface area contributed by atoms with Gasteiger partial charge in [0.05, 0.1) is 0 Å². The molecule has 1 aliphatic carbocycles. The number of nitrogens with one attached hydrogen (secondary N) is 1. The van der Waals surface area contributed by atoms with E-state index in [-0.39, 0.29) is 0 Å². The number of hydrogen-bond donors (Lipinski definition) is 1. The Hall–Kier alpha value is -0.860. The van der Waals surface area contributed by atoms with Gasteiger partial charge in [0.15, 0.2) is 0 Å². The zero-order chi connectivity index (χ0) is 14.0. The molecule has 2 aliphatic rings. The maximum absolute atomic E-state index is 3.84. The molecule has 2 fully saturated rings. The van der Waals surface area contributed by atoms with E-state index >= 15 is 0 Å². The third kappa shape index (κ3) is 2.91. The molecule has 3 rings (SSSR count). The molecule has 0 atom stereocenters. The van der Waals surface area contributed by atoms with Crippen LogP contribution in [0.1, 0.15) is 48.8 Å². The number of aryl methyl sites for hydroxylation is 2. The normalized spacial score (nSPS) is 23.1. The molecule has 1 saturated heterocycles. The van der Waals surface area contributed by atoms with Crippen LogP contribution in [0.5, 0.6) is 0 Å². The van der Waals surface area contributed by atoms with Gasteiger partial charge in [-0.2, -0.15) is 0 Å². The Balaban J connectivity index is 1.71. The maximum Gasteiger partial charge on any atom is 0.0309 e. The van der Waals surface area contributed by atoms with Crippen molar-refractivity contribution in [1.29, 1.82) is 0 Å². The molecule has 1 N–H and O–H groups in total. The van der Waals surface area contributed by atoms with Crippen LogP contribution in [0.2, 0.25) is 0 Å². The number of piperazine rings is 1. The van der Waals surface area contributed by atoms with Gasteiger partial charge in [-0.05, 0) is 43.4 Å². The molecule has 1 heterocycles. The predicted molar refractivity (Wildman–Crippen MR) is 85.0 cm³/mol.